The van der Waals surface area contributed by atoms with Crippen molar-refractivity contribution in [1.82, 2.24) is 19.1 Å². The summed E-state index contributed by atoms with van der Waals surface area (Å²) in [6.07, 6.45) is 0. The van der Waals surface area contributed by atoms with Crippen LogP contribution >= 0.6 is 0 Å². The number of nitrogens with one attached hydrogen (secondary N) is 1. The summed E-state index contributed by atoms with van der Waals surface area (Å²) in [6, 6.07) is 3.18. The molecule has 0 aliphatic carbocycles. The second kappa shape index (κ2) is 3.80. The molecule has 0 fully saturated rings. The molecule has 8 nitrogen and oxygen atoms in total. The Morgan fingerprint density at radius 2 is 1.80 bits per heavy atom. The molecule has 1 aromatic carbocycles. The SMILES string of the molecule is Cn1c(=O)n(C)c2cc3[nH]c(=O)c(C(=O)O)nc3cc21. The van der Waals surface area contributed by atoms with Crippen LogP contribution in [0.15, 0.2) is 21.7 Å². The number of rotatable bonds is 1. The summed E-state index contributed by atoms with van der Waals surface area (Å²) in [5, 5.41) is 8.90. The number of nitrogens with zero attached hydrogens (tertiary/aromatic N) is 3. The molecule has 102 valence electrons. The lowest BCUT2D eigenvalue weighted by Crippen LogP contribution is -2.19. The van der Waals surface area contributed by atoms with Crippen LogP contribution < -0.4 is 11.2 Å². The van der Waals surface area contributed by atoms with Gasteiger partial charge in [0.15, 0.2) is 0 Å². The molecular weight excluding hydrogens is 264 g/mol. The fraction of sp³-hybridized carbons (Fsp3) is 0.167. The number of fused-ring (bicyclic) bond motifs is 2. The maximum atomic E-state index is 11.8. The van der Waals surface area contributed by atoms with Crippen LogP contribution in [0.3, 0.4) is 0 Å². The van der Waals surface area contributed by atoms with E-state index >= 15 is 0 Å². The highest BCUT2D eigenvalue weighted by Gasteiger charge is 2.14. The highest BCUT2D eigenvalue weighted by atomic mass is 16.4. The predicted octanol–water partition coefficient (Wildman–Crippen LogP) is -0.188. The third-order valence-electron chi connectivity index (χ3n) is 3.29. The molecule has 0 spiro atoms. The number of aromatic amines is 1. The van der Waals surface area contributed by atoms with Crippen molar-refractivity contribution in [3.63, 3.8) is 0 Å². The molecule has 0 saturated heterocycles. The van der Waals surface area contributed by atoms with E-state index in [-0.39, 0.29) is 5.69 Å². The molecule has 0 unspecified atom stereocenters. The zero-order valence-electron chi connectivity index (χ0n) is 10.7. The number of carbonyl (C=O) groups is 1. The molecule has 3 aromatic rings. The van der Waals surface area contributed by atoms with E-state index in [4.69, 9.17) is 5.11 Å². The van der Waals surface area contributed by atoms with Crippen LogP contribution in [0.5, 0.6) is 0 Å². The van der Waals surface area contributed by atoms with E-state index in [9.17, 15) is 14.4 Å². The molecule has 0 aliphatic rings. The third kappa shape index (κ3) is 1.48. The number of benzene rings is 1. The molecule has 0 amide bonds. The van der Waals surface area contributed by atoms with E-state index in [1.165, 1.54) is 9.13 Å². The Hall–Kier alpha value is -2.90. The van der Waals surface area contributed by atoms with Gasteiger partial charge in [-0.1, -0.05) is 0 Å². The summed E-state index contributed by atoms with van der Waals surface area (Å²) in [4.78, 5) is 40.7. The van der Waals surface area contributed by atoms with Gasteiger partial charge in [-0.3, -0.25) is 13.9 Å². The van der Waals surface area contributed by atoms with Gasteiger partial charge in [0.25, 0.3) is 5.56 Å². The summed E-state index contributed by atoms with van der Waals surface area (Å²) in [7, 11) is 3.23. The molecule has 20 heavy (non-hydrogen) atoms. The zero-order chi connectivity index (χ0) is 14.6. The number of hydrogen-bond acceptors (Lipinski definition) is 4. The lowest BCUT2D eigenvalue weighted by atomic mass is 10.2. The number of aromatic carboxylic acids is 1. The fourth-order valence-electron chi connectivity index (χ4n) is 2.22. The molecule has 3 rings (SSSR count). The Bertz CT molecular complexity index is 993. The Morgan fingerprint density at radius 1 is 1.20 bits per heavy atom. The molecule has 0 atom stereocenters. The minimum absolute atomic E-state index is 0.212. The smallest absolute Gasteiger partial charge is 0.360 e. The van der Waals surface area contributed by atoms with Gasteiger partial charge >= 0.3 is 11.7 Å². The van der Waals surface area contributed by atoms with Crippen molar-refractivity contribution in [1.29, 1.82) is 0 Å². The first kappa shape index (κ1) is 12.2. The Balaban J connectivity index is 2.52. The Labute approximate surface area is 110 Å². The molecule has 2 N–H and O–H groups in total. The van der Waals surface area contributed by atoms with Crippen LogP contribution in [0.2, 0.25) is 0 Å². The van der Waals surface area contributed by atoms with Gasteiger partial charge in [0.2, 0.25) is 5.69 Å². The standard InChI is InChI=1S/C12H10N4O4/c1-15-7-3-5-6(4-8(7)16(2)12(15)20)14-10(17)9(13-5)11(18)19/h3-4H,1-2H3,(H,14,17)(H,18,19). The van der Waals surface area contributed by atoms with Crippen LogP contribution in [0.4, 0.5) is 0 Å². The maximum absolute atomic E-state index is 11.8. The number of carboxylic acid groups (broad SMARTS) is 1. The van der Waals surface area contributed by atoms with Crippen LogP contribution in [-0.4, -0.2) is 30.2 Å². The first-order valence-corrected chi connectivity index (χ1v) is 5.73. The number of imidazole rings is 1. The summed E-state index contributed by atoms with van der Waals surface area (Å²) in [6.45, 7) is 0. The molecule has 0 aliphatic heterocycles. The first-order chi connectivity index (χ1) is 9.40. The number of carboxylic acids is 1. The molecule has 0 saturated carbocycles. The lowest BCUT2D eigenvalue weighted by molar-refractivity contribution is 0.0689. The first-order valence-electron chi connectivity index (χ1n) is 5.73. The van der Waals surface area contributed by atoms with Crippen molar-refractivity contribution in [3.05, 3.63) is 38.7 Å². The third-order valence-corrected chi connectivity index (χ3v) is 3.29. The largest absolute Gasteiger partial charge is 0.476 e. The molecule has 0 bridgehead atoms. The lowest BCUT2D eigenvalue weighted by Gasteiger charge is -2.01. The van der Waals surface area contributed by atoms with E-state index in [2.05, 4.69) is 9.97 Å². The van der Waals surface area contributed by atoms with Gasteiger partial charge in [0, 0.05) is 14.1 Å². The van der Waals surface area contributed by atoms with Crippen molar-refractivity contribution >= 4 is 28.0 Å². The predicted molar refractivity (Wildman–Crippen MR) is 71.0 cm³/mol. The van der Waals surface area contributed by atoms with Crippen LogP contribution in [-0.2, 0) is 14.1 Å². The van der Waals surface area contributed by atoms with E-state index in [1.54, 1.807) is 26.2 Å². The highest BCUT2D eigenvalue weighted by Crippen LogP contribution is 2.18. The summed E-state index contributed by atoms with van der Waals surface area (Å²) < 4.78 is 2.88. The van der Waals surface area contributed by atoms with Crippen molar-refractivity contribution in [2.24, 2.45) is 14.1 Å². The second-order valence-corrected chi connectivity index (χ2v) is 4.48. The van der Waals surface area contributed by atoms with Crippen molar-refractivity contribution in [3.8, 4) is 0 Å². The second-order valence-electron chi connectivity index (χ2n) is 4.48. The van der Waals surface area contributed by atoms with Gasteiger partial charge in [-0.15, -0.1) is 0 Å². The number of hydrogen-bond donors (Lipinski definition) is 2. The van der Waals surface area contributed by atoms with Gasteiger partial charge in [-0.2, -0.15) is 0 Å². The molecular formula is C12H10N4O4. The fourth-order valence-corrected chi connectivity index (χ4v) is 2.22. The van der Waals surface area contributed by atoms with E-state index in [0.717, 1.165) is 0 Å². The maximum Gasteiger partial charge on any atom is 0.360 e. The van der Waals surface area contributed by atoms with Gasteiger partial charge in [-0.25, -0.2) is 14.6 Å². The minimum atomic E-state index is -1.39. The molecule has 8 heteroatoms. The van der Waals surface area contributed by atoms with Crippen molar-refractivity contribution < 1.29 is 9.90 Å². The van der Waals surface area contributed by atoms with Crippen LogP contribution in [0.1, 0.15) is 10.5 Å². The molecule has 2 heterocycles. The molecule has 2 aromatic heterocycles. The number of H-pyrrole nitrogens is 1. The quantitative estimate of drug-likeness (QED) is 0.639. The summed E-state index contributed by atoms with van der Waals surface area (Å²) >= 11 is 0. The summed E-state index contributed by atoms with van der Waals surface area (Å²) in [5.41, 5.74) is 0.384. The van der Waals surface area contributed by atoms with Gasteiger partial charge in [0.1, 0.15) is 0 Å². The highest BCUT2D eigenvalue weighted by molar-refractivity contribution is 5.93. The number of aryl methyl sites for hydroxylation is 2. The van der Waals surface area contributed by atoms with Crippen LogP contribution in [0, 0.1) is 0 Å². The van der Waals surface area contributed by atoms with Crippen LogP contribution in [0.25, 0.3) is 22.1 Å². The van der Waals surface area contributed by atoms with Gasteiger partial charge in [0.05, 0.1) is 22.1 Å². The van der Waals surface area contributed by atoms with E-state index in [1.807, 2.05) is 0 Å². The monoisotopic (exact) mass is 274 g/mol. The summed E-state index contributed by atoms with van der Waals surface area (Å²) in [5.74, 6) is -1.39. The normalized spacial score (nSPS) is 11.3. The van der Waals surface area contributed by atoms with E-state index in [0.29, 0.717) is 22.1 Å². The Kier molecular flexibility index (Phi) is 2.31. The Morgan fingerprint density at radius 3 is 2.40 bits per heavy atom. The number of aromatic nitrogens is 4. The van der Waals surface area contributed by atoms with Crippen molar-refractivity contribution in [2.75, 3.05) is 0 Å². The average Bonchev–Trinajstić information content (AvgIpc) is 2.61. The topological polar surface area (TPSA) is 110 Å². The zero-order valence-corrected chi connectivity index (χ0v) is 10.7. The van der Waals surface area contributed by atoms with Crippen molar-refractivity contribution in [2.45, 2.75) is 0 Å². The van der Waals surface area contributed by atoms with Gasteiger partial charge < -0.3 is 10.1 Å². The average molecular weight is 274 g/mol. The van der Waals surface area contributed by atoms with Gasteiger partial charge in [-0.05, 0) is 12.1 Å². The van der Waals surface area contributed by atoms with E-state index < -0.39 is 17.2 Å². The molecule has 0 radical (unpaired) electrons. The minimum Gasteiger partial charge on any atom is -0.476 e.